The van der Waals surface area contributed by atoms with Crippen LogP contribution in [0.15, 0.2) is 54.6 Å². The summed E-state index contributed by atoms with van der Waals surface area (Å²) in [6.45, 7) is 0.917. The fourth-order valence-corrected chi connectivity index (χ4v) is 3.95. The monoisotopic (exact) mass is 458 g/mol. The number of ether oxygens (including phenoxy) is 2. The molecule has 1 saturated heterocycles. The average molecular weight is 459 g/mol. The second-order valence-corrected chi connectivity index (χ2v) is 8.03. The number of benzene rings is 2. The van der Waals surface area contributed by atoms with Crippen LogP contribution in [0.3, 0.4) is 0 Å². The lowest BCUT2D eigenvalue weighted by Crippen LogP contribution is -2.45. The Morgan fingerprint density at radius 2 is 1.72 bits per heavy atom. The Hall–Kier alpha value is -3.06. The topological polar surface area (TPSA) is 84.9 Å². The van der Waals surface area contributed by atoms with E-state index < -0.39 is 12.0 Å². The van der Waals surface area contributed by atoms with E-state index in [4.69, 9.17) is 21.1 Å². The van der Waals surface area contributed by atoms with E-state index in [1.54, 1.807) is 41.3 Å². The van der Waals surface area contributed by atoms with Gasteiger partial charge in [0.15, 0.2) is 6.61 Å². The van der Waals surface area contributed by atoms with Crippen molar-refractivity contribution in [1.82, 2.24) is 10.2 Å². The third kappa shape index (κ3) is 6.47. The summed E-state index contributed by atoms with van der Waals surface area (Å²) in [5, 5.41) is 3.42. The Balaban J connectivity index is 1.53. The van der Waals surface area contributed by atoms with Crippen LogP contribution in [0.1, 0.15) is 30.9 Å². The first-order valence-electron chi connectivity index (χ1n) is 10.5. The first-order valence-corrected chi connectivity index (χ1v) is 10.9. The van der Waals surface area contributed by atoms with E-state index in [2.05, 4.69) is 5.32 Å². The van der Waals surface area contributed by atoms with Gasteiger partial charge in [-0.15, -0.1) is 0 Å². The molecule has 0 saturated carbocycles. The number of carbonyl (C=O) groups excluding carboxylic acids is 3. The molecule has 1 N–H and O–H groups in total. The number of nitrogens with one attached hydrogen (secondary N) is 1. The summed E-state index contributed by atoms with van der Waals surface area (Å²) in [5.41, 5.74) is 0.665. The molecule has 7 nitrogen and oxygen atoms in total. The number of halogens is 1. The molecule has 2 aromatic rings. The number of carbonyl (C=O) groups is 3. The predicted molar refractivity (Wildman–Crippen MR) is 120 cm³/mol. The molecule has 1 aliphatic heterocycles. The summed E-state index contributed by atoms with van der Waals surface area (Å²) in [5.74, 6) is -0.309. The van der Waals surface area contributed by atoms with Crippen molar-refractivity contribution in [3.8, 4) is 5.75 Å². The molecular formula is C24H27ClN2O5. The van der Waals surface area contributed by atoms with Crippen molar-refractivity contribution in [1.29, 1.82) is 0 Å². The summed E-state index contributed by atoms with van der Waals surface area (Å²) in [6, 6.07) is 15.7. The zero-order chi connectivity index (χ0) is 22.9. The van der Waals surface area contributed by atoms with Gasteiger partial charge in [0.2, 0.25) is 5.91 Å². The second-order valence-electron chi connectivity index (χ2n) is 7.62. The largest absolute Gasteiger partial charge is 0.484 e. The molecule has 170 valence electrons. The molecule has 0 aromatic heterocycles. The van der Waals surface area contributed by atoms with Crippen LogP contribution in [-0.2, 0) is 19.1 Å². The maximum absolute atomic E-state index is 12.9. The molecule has 0 aliphatic carbocycles. The molecule has 1 heterocycles. The Bertz CT molecular complexity index is 929. The SMILES string of the molecule is COC(=O)CC(NC(=O)C1CCN(C(=O)COc2ccccc2)CC1)c1ccccc1Cl. The van der Waals surface area contributed by atoms with Crippen LogP contribution in [-0.4, -0.2) is 49.5 Å². The normalized spacial score (nSPS) is 15.0. The molecule has 1 aliphatic rings. The minimum atomic E-state index is -0.581. The van der Waals surface area contributed by atoms with E-state index in [0.717, 1.165) is 0 Å². The number of esters is 1. The van der Waals surface area contributed by atoms with Crippen molar-refractivity contribution in [3.05, 3.63) is 65.2 Å². The highest BCUT2D eigenvalue weighted by atomic mass is 35.5. The average Bonchev–Trinajstić information content (AvgIpc) is 2.83. The molecule has 2 aromatic carbocycles. The maximum Gasteiger partial charge on any atom is 0.307 e. The molecule has 1 atom stereocenters. The molecule has 1 fully saturated rings. The van der Waals surface area contributed by atoms with E-state index in [1.807, 2.05) is 18.2 Å². The van der Waals surface area contributed by atoms with Gasteiger partial charge >= 0.3 is 5.97 Å². The minimum absolute atomic E-state index is 0.0138. The fourth-order valence-electron chi connectivity index (χ4n) is 3.68. The van der Waals surface area contributed by atoms with Crippen LogP contribution in [0.2, 0.25) is 5.02 Å². The zero-order valence-electron chi connectivity index (χ0n) is 18.0. The van der Waals surface area contributed by atoms with Gasteiger partial charge < -0.3 is 19.7 Å². The van der Waals surface area contributed by atoms with Crippen molar-refractivity contribution in [2.75, 3.05) is 26.8 Å². The fraction of sp³-hybridized carbons (Fsp3) is 0.375. The summed E-state index contributed by atoms with van der Waals surface area (Å²) in [6.07, 6.45) is 1.06. The van der Waals surface area contributed by atoms with Crippen LogP contribution in [0.4, 0.5) is 0 Å². The standard InChI is InChI=1S/C24H27ClN2O5/c1-31-23(29)15-21(19-9-5-6-10-20(19)25)26-24(30)17-11-13-27(14-12-17)22(28)16-32-18-7-3-2-4-8-18/h2-10,17,21H,11-16H2,1H3,(H,26,30). The van der Waals surface area contributed by atoms with Gasteiger partial charge in [-0.25, -0.2) is 0 Å². The van der Waals surface area contributed by atoms with E-state index in [-0.39, 0.29) is 30.8 Å². The number of para-hydroxylation sites is 1. The van der Waals surface area contributed by atoms with E-state index >= 15 is 0 Å². The Morgan fingerprint density at radius 3 is 2.38 bits per heavy atom. The van der Waals surface area contributed by atoms with Crippen LogP contribution >= 0.6 is 11.6 Å². The second kappa shape index (κ2) is 11.5. The number of nitrogens with zero attached hydrogens (tertiary/aromatic N) is 1. The molecule has 32 heavy (non-hydrogen) atoms. The van der Waals surface area contributed by atoms with Gasteiger partial charge in [-0.1, -0.05) is 48.0 Å². The highest BCUT2D eigenvalue weighted by Gasteiger charge is 2.30. The number of rotatable bonds is 8. The van der Waals surface area contributed by atoms with Crippen molar-refractivity contribution in [2.24, 2.45) is 5.92 Å². The lowest BCUT2D eigenvalue weighted by atomic mass is 9.94. The van der Waals surface area contributed by atoms with E-state index in [9.17, 15) is 14.4 Å². The summed E-state index contributed by atoms with van der Waals surface area (Å²) in [4.78, 5) is 38.9. The van der Waals surface area contributed by atoms with Gasteiger partial charge in [-0.2, -0.15) is 0 Å². The first kappa shape index (κ1) is 23.6. The van der Waals surface area contributed by atoms with Crippen LogP contribution in [0, 0.1) is 5.92 Å². The molecule has 1 unspecified atom stereocenters. The van der Waals surface area contributed by atoms with Gasteiger partial charge in [-0.3, -0.25) is 14.4 Å². The van der Waals surface area contributed by atoms with Gasteiger partial charge in [0.25, 0.3) is 5.91 Å². The lowest BCUT2D eigenvalue weighted by molar-refractivity contribution is -0.142. The van der Waals surface area contributed by atoms with E-state index in [1.165, 1.54) is 7.11 Å². The van der Waals surface area contributed by atoms with Crippen LogP contribution in [0.25, 0.3) is 0 Å². The Morgan fingerprint density at radius 1 is 1.06 bits per heavy atom. The van der Waals surface area contributed by atoms with Crippen molar-refractivity contribution in [3.63, 3.8) is 0 Å². The number of amides is 2. The van der Waals surface area contributed by atoms with Gasteiger partial charge in [0.1, 0.15) is 5.75 Å². The molecule has 0 bridgehead atoms. The maximum atomic E-state index is 12.9. The highest BCUT2D eigenvalue weighted by Crippen LogP contribution is 2.27. The minimum Gasteiger partial charge on any atom is -0.484 e. The highest BCUT2D eigenvalue weighted by molar-refractivity contribution is 6.31. The lowest BCUT2D eigenvalue weighted by Gasteiger charge is -2.32. The van der Waals surface area contributed by atoms with Crippen LogP contribution in [0.5, 0.6) is 5.75 Å². The summed E-state index contributed by atoms with van der Waals surface area (Å²) >= 11 is 6.28. The third-order valence-corrected chi connectivity index (χ3v) is 5.86. The number of hydrogen-bond donors (Lipinski definition) is 1. The molecule has 0 spiro atoms. The number of piperidine rings is 1. The molecule has 8 heteroatoms. The zero-order valence-corrected chi connectivity index (χ0v) is 18.7. The molecular weight excluding hydrogens is 432 g/mol. The van der Waals surface area contributed by atoms with Gasteiger partial charge in [-0.05, 0) is 36.6 Å². The first-order chi connectivity index (χ1) is 15.5. The molecule has 3 rings (SSSR count). The summed E-state index contributed by atoms with van der Waals surface area (Å²) in [7, 11) is 1.31. The molecule has 0 radical (unpaired) electrons. The van der Waals surface area contributed by atoms with Crippen LogP contribution < -0.4 is 10.1 Å². The Kier molecular flexibility index (Phi) is 8.50. The Labute approximate surface area is 192 Å². The summed E-state index contributed by atoms with van der Waals surface area (Å²) < 4.78 is 10.3. The number of hydrogen-bond acceptors (Lipinski definition) is 5. The predicted octanol–water partition coefficient (Wildman–Crippen LogP) is 3.38. The molecule has 2 amide bonds. The van der Waals surface area contributed by atoms with Gasteiger partial charge in [0.05, 0.1) is 19.6 Å². The number of methoxy groups -OCH3 is 1. The van der Waals surface area contributed by atoms with Crippen molar-refractivity contribution in [2.45, 2.75) is 25.3 Å². The third-order valence-electron chi connectivity index (χ3n) is 5.52. The number of likely N-dealkylation sites (tertiary alicyclic amines) is 1. The van der Waals surface area contributed by atoms with E-state index in [0.29, 0.717) is 42.3 Å². The van der Waals surface area contributed by atoms with Crippen molar-refractivity contribution < 1.29 is 23.9 Å². The van der Waals surface area contributed by atoms with Crippen molar-refractivity contribution >= 4 is 29.4 Å². The van der Waals surface area contributed by atoms with Gasteiger partial charge in [0, 0.05) is 24.0 Å². The smallest absolute Gasteiger partial charge is 0.307 e. The quantitative estimate of drug-likeness (QED) is 0.613.